The van der Waals surface area contributed by atoms with Crippen molar-refractivity contribution >= 4 is 40.4 Å². The van der Waals surface area contributed by atoms with Gasteiger partial charge >= 0.3 is 0 Å². The number of hydrogen-bond donors (Lipinski definition) is 1. The van der Waals surface area contributed by atoms with Crippen LogP contribution >= 0.6 is 22.9 Å². The van der Waals surface area contributed by atoms with Crippen LogP contribution in [0.2, 0.25) is 4.34 Å². The third-order valence-electron chi connectivity index (χ3n) is 6.01. The van der Waals surface area contributed by atoms with E-state index >= 15 is 4.39 Å². The number of rotatable bonds is 6. The van der Waals surface area contributed by atoms with Crippen molar-refractivity contribution in [1.29, 1.82) is 0 Å². The molecule has 4 aromatic rings. The lowest BCUT2D eigenvalue weighted by Gasteiger charge is -2.21. The first-order valence-corrected chi connectivity index (χ1v) is 12.2. The second-order valence-corrected chi connectivity index (χ2v) is 9.98. The number of ether oxygens (including phenoxy) is 1. The molecule has 2 aromatic carbocycles. The van der Waals surface area contributed by atoms with Crippen LogP contribution in [0.1, 0.15) is 44.0 Å². The summed E-state index contributed by atoms with van der Waals surface area (Å²) < 4.78 is 21.8. The van der Waals surface area contributed by atoms with E-state index in [0.717, 1.165) is 23.3 Å². The average molecular weight is 510 g/mol. The summed E-state index contributed by atoms with van der Waals surface area (Å²) in [4.78, 5) is 27.8. The summed E-state index contributed by atoms with van der Waals surface area (Å²) in [5.74, 6) is -0.763. The summed E-state index contributed by atoms with van der Waals surface area (Å²) in [7, 11) is 1.48. The maximum atomic E-state index is 15.8. The Balaban J connectivity index is 1.56. The molecule has 9 heteroatoms. The molecule has 178 valence electrons. The summed E-state index contributed by atoms with van der Waals surface area (Å²) in [5.41, 5.74) is 2.59. The lowest BCUT2D eigenvalue weighted by atomic mass is 9.89. The highest BCUT2D eigenvalue weighted by Crippen LogP contribution is 2.34. The fourth-order valence-corrected chi connectivity index (χ4v) is 5.37. The molecule has 0 saturated carbocycles. The number of nitrogens with zero attached hydrogens (tertiary/aromatic N) is 2. The highest BCUT2D eigenvalue weighted by molar-refractivity contribution is 7.16. The van der Waals surface area contributed by atoms with Gasteiger partial charge in [-0.15, -0.1) is 11.3 Å². The van der Waals surface area contributed by atoms with Gasteiger partial charge in [-0.2, -0.15) is 5.10 Å². The number of aromatic nitrogens is 2. The minimum Gasteiger partial charge on any atom is -0.496 e. The molecule has 0 unspecified atom stereocenters. The summed E-state index contributed by atoms with van der Waals surface area (Å²) in [6, 6.07) is 15.6. The van der Waals surface area contributed by atoms with Gasteiger partial charge < -0.3 is 4.74 Å². The van der Waals surface area contributed by atoms with Gasteiger partial charge in [-0.05, 0) is 48.7 Å². The molecule has 0 spiro atoms. The number of thiophene rings is 1. The van der Waals surface area contributed by atoms with Gasteiger partial charge in [-0.1, -0.05) is 35.9 Å². The van der Waals surface area contributed by atoms with Crippen molar-refractivity contribution < 1.29 is 18.7 Å². The summed E-state index contributed by atoms with van der Waals surface area (Å²) in [6.07, 6.45) is 2.06. The monoisotopic (exact) mass is 509 g/mol. The number of amides is 1. The van der Waals surface area contributed by atoms with Gasteiger partial charge in [0.1, 0.15) is 11.4 Å². The third-order valence-corrected chi connectivity index (χ3v) is 7.23. The molecule has 0 aliphatic heterocycles. The second kappa shape index (κ2) is 9.64. The van der Waals surface area contributed by atoms with Crippen molar-refractivity contribution in [1.82, 2.24) is 10.2 Å². The van der Waals surface area contributed by atoms with Crippen LogP contribution in [0.25, 0.3) is 11.3 Å². The minimum absolute atomic E-state index is 0.0776. The number of Topliss-reactive ketones (excluding diaryl/α,β-unsaturated/α-hetero) is 1. The van der Waals surface area contributed by atoms with E-state index in [4.69, 9.17) is 16.3 Å². The zero-order valence-electron chi connectivity index (χ0n) is 18.8. The summed E-state index contributed by atoms with van der Waals surface area (Å²) in [5, 5.41) is 6.95. The number of benzene rings is 2. The number of nitrogens with one attached hydrogen (secondary N) is 1. The van der Waals surface area contributed by atoms with Crippen LogP contribution in [-0.2, 0) is 13.0 Å². The number of H-pyrrole nitrogens is 1. The number of aryl methyl sites for hydroxylation is 1. The molecule has 0 fully saturated rings. The predicted octanol–water partition coefficient (Wildman–Crippen LogP) is 6.31. The quantitative estimate of drug-likeness (QED) is 0.330. The first-order chi connectivity index (χ1) is 17.0. The Morgan fingerprint density at radius 2 is 2.03 bits per heavy atom. The van der Waals surface area contributed by atoms with Crippen LogP contribution in [0.5, 0.6) is 5.75 Å². The number of carbonyl (C=O) groups excluding carboxylic acids is 2. The zero-order valence-corrected chi connectivity index (χ0v) is 20.4. The van der Waals surface area contributed by atoms with Crippen molar-refractivity contribution in [3.8, 4) is 17.0 Å². The number of halogens is 2. The van der Waals surface area contributed by atoms with Gasteiger partial charge in [-0.25, -0.2) is 4.39 Å². The van der Waals surface area contributed by atoms with Gasteiger partial charge in [0.2, 0.25) is 0 Å². The Labute approximate surface area is 210 Å². The van der Waals surface area contributed by atoms with E-state index < -0.39 is 11.7 Å². The molecule has 5 rings (SSSR count). The van der Waals surface area contributed by atoms with Crippen LogP contribution in [0.4, 0.5) is 10.2 Å². The normalized spacial score (nSPS) is 12.9. The van der Waals surface area contributed by atoms with Crippen molar-refractivity contribution in [3.05, 3.63) is 86.3 Å². The third kappa shape index (κ3) is 4.47. The van der Waals surface area contributed by atoms with Crippen molar-refractivity contribution in [3.63, 3.8) is 0 Å². The number of ketones is 1. The van der Waals surface area contributed by atoms with Gasteiger partial charge in [0.05, 0.1) is 23.6 Å². The Morgan fingerprint density at radius 1 is 1.20 bits per heavy atom. The molecule has 0 bridgehead atoms. The van der Waals surface area contributed by atoms with Crippen LogP contribution in [0.3, 0.4) is 0 Å². The zero-order chi connectivity index (χ0) is 24.5. The van der Waals surface area contributed by atoms with Crippen LogP contribution in [0.15, 0.2) is 54.6 Å². The van der Waals surface area contributed by atoms with E-state index in [1.807, 2.05) is 6.07 Å². The highest BCUT2D eigenvalue weighted by atomic mass is 35.5. The predicted molar refractivity (Wildman–Crippen MR) is 134 cm³/mol. The Hall–Kier alpha value is -3.49. The molecule has 1 N–H and O–H groups in total. The number of fused-ring (bicyclic) bond motifs is 1. The molecule has 0 radical (unpaired) electrons. The summed E-state index contributed by atoms with van der Waals surface area (Å²) in [6.45, 7) is 0.0776. The lowest BCUT2D eigenvalue weighted by Crippen LogP contribution is -2.31. The number of carbonyl (C=O) groups is 2. The van der Waals surface area contributed by atoms with Gasteiger partial charge in [0.25, 0.3) is 5.91 Å². The molecule has 35 heavy (non-hydrogen) atoms. The molecule has 1 aliphatic carbocycles. The molecular formula is C26H21ClFN3O3S. The van der Waals surface area contributed by atoms with Crippen molar-refractivity contribution in [2.24, 2.45) is 0 Å². The number of methoxy groups -OCH3 is 1. The van der Waals surface area contributed by atoms with E-state index in [1.54, 1.807) is 48.5 Å². The largest absolute Gasteiger partial charge is 0.496 e. The Bertz CT molecular complexity index is 1430. The topological polar surface area (TPSA) is 75.3 Å². The maximum absolute atomic E-state index is 15.8. The summed E-state index contributed by atoms with van der Waals surface area (Å²) >= 11 is 7.40. The molecular weight excluding hydrogens is 489 g/mol. The first kappa shape index (κ1) is 23.3. The lowest BCUT2D eigenvalue weighted by molar-refractivity contribution is 0.0967. The first-order valence-electron chi connectivity index (χ1n) is 11.1. The average Bonchev–Trinajstić information content (AvgIpc) is 3.46. The fourth-order valence-electron chi connectivity index (χ4n) is 4.29. The van der Waals surface area contributed by atoms with Gasteiger partial charge in [0.15, 0.2) is 17.4 Å². The molecule has 0 atom stereocenters. The molecule has 1 amide bonds. The van der Waals surface area contributed by atoms with Crippen molar-refractivity contribution in [2.75, 3.05) is 12.0 Å². The van der Waals surface area contributed by atoms with Crippen LogP contribution < -0.4 is 9.64 Å². The number of anilines is 1. The number of para-hydroxylation sites is 1. The molecule has 2 aromatic heterocycles. The number of aromatic amines is 1. The highest BCUT2D eigenvalue weighted by Gasteiger charge is 2.29. The van der Waals surface area contributed by atoms with Gasteiger partial charge in [0, 0.05) is 22.4 Å². The fraction of sp³-hybridized carbons (Fsp3) is 0.192. The van der Waals surface area contributed by atoms with E-state index in [2.05, 4.69) is 10.2 Å². The second-order valence-electron chi connectivity index (χ2n) is 8.18. The van der Waals surface area contributed by atoms with E-state index in [9.17, 15) is 9.59 Å². The molecule has 2 heterocycles. The van der Waals surface area contributed by atoms with E-state index in [1.165, 1.54) is 23.3 Å². The maximum Gasteiger partial charge on any atom is 0.263 e. The minimum atomic E-state index is -0.655. The van der Waals surface area contributed by atoms with Crippen LogP contribution in [-0.4, -0.2) is 29.0 Å². The SMILES string of the molecule is COc1ccccc1C(=O)N(Cc1ccc(Cl)s1)c1n[nH]c(-c2ccc3c(c2)CCCC3=O)c1F. The molecule has 1 aliphatic rings. The number of hydrogen-bond acceptors (Lipinski definition) is 5. The Kier molecular flexibility index (Phi) is 6.40. The Morgan fingerprint density at radius 3 is 2.80 bits per heavy atom. The van der Waals surface area contributed by atoms with Gasteiger partial charge in [-0.3, -0.25) is 19.6 Å². The smallest absolute Gasteiger partial charge is 0.263 e. The van der Waals surface area contributed by atoms with E-state index in [-0.39, 0.29) is 29.4 Å². The molecule has 0 saturated heterocycles. The van der Waals surface area contributed by atoms with Crippen LogP contribution in [0, 0.1) is 5.82 Å². The standard InChI is InChI=1S/C26H21ClFN3O3S/c1-34-21-8-3-2-6-19(21)26(33)31(14-17-10-12-22(27)35-17)25-23(28)24(29-30-25)16-9-11-18-15(13-16)5-4-7-20(18)32/h2-3,6,8-13H,4-5,7,14H2,1H3,(H,29,30). The molecule has 6 nitrogen and oxygen atoms in total. The van der Waals surface area contributed by atoms with E-state index in [0.29, 0.717) is 27.6 Å². The van der Waals surface area contributed by atoms with Crippen molar-refractivity contribution in [2.45, 2.75) is 25.8 Å².